The van der Waals surface area contributed by atoms with Crippen molar-refractivity contribution in [2.75, 3.05) is 0 Å². The Labute approximate surface area is 224 Å². The molecule has 38 heavy (non-hydrogen) atoms. The monoisotopic (exact) mass is 522 g/mol. The number of aromatic nitrogens is 2. The molecule has 2 aromatic heterocycles. The summed E-state index contributed by atoms with van der Waals surface area (Å²) in [4.78, 5) is 26.3. The van der Waals surface area contributed by atoms with Crippen molar-refractivity contribution in [3.63, 3.8) is 0 Å². The summed E-state index contributed by atoms with van der Waals surface area (Å²) in [6, 6.07) is 29.1. The fourth-order valence-corrected chi connectivity index (χ4v) is 3.94. The van der Waals surface area contributed by atoms with E-state index in [4.69, 9.17) is 21.1 Å². The maximum atomic E-state index is 13.3. The van der Waals surface area contributed by atoms with Gasteiger partial charge in [-0.25, -0.2) is 4.68 Å². The van der Waals surface area contributed by atoms with Gasteiger partial charge in [0, 0.05) is 27.9 Å². The first-order valence-corrected chi connectivity index (χ1v) is 12.2. The molecule has 5 rings (SSSR count). The lowest BCUT2D eigenvalue weighted by Gasteiger charge is -2.11. The van der Waals surface area contributed by atoms with Crippen LogP contribution in [0.3, 0.4) is 0 Å². The maximum absolute atomic E-state index is 13.3. The van der Waals surface area contributed by atoms with Crippen LogP contribution in [0.5, 0.6) is 0 Å². The Balaban J connectivity index is 1.55. The first-order valence-electron chi connectivity index (χ1n) is 11.9. The van der Waals surface area contributed by atoms with E-state index >= 15 is 0 Å². The van der Waals surface area contributed by atoms with E-state index in [1.165, 1.54) is 6.26 Å². The summed E-state index contributed by atoms with van der Waals surface area (Å²) in [5.41, 5.74) is 3.39. The number of carbonyl (C=O) groups is 2. The van der Waals surface area contributed by atoms with Crippen molar-refractivity contribution in [3.05, 3.63) is 137 Å². The Morgan fingerprint density at radius 3 is 2.29 bits per heavy atom. The van der Waals surface area contributed by atoms with Gasteiger partial charge < -0.3 is 15.1 Å². The van der Waals surface area contributed by atoms with Gasteiger partial charge in [0.15, 0.2) is 0 Å². The number of carbonyl (C=O) groups excluding carboxylic acids is 2. The van der Waals surface area contributed by atoms with Gasteiger partial charge in [0.1, 0.15) is 17.2 Å². The maximum Gasteiger partial charge on any atom is 0.268 e. The lowest BCUT2D eigenvalue weighted by molar-refractivity contribution is -0.118. The van der Waals surface area contributed by atoms with Gasteiger partial charge in [-0.1, -0.05) is 60.1 Å². The molecule has 2 amide bonds. The predicted octanol–water partition coefficient (Wildman–Crippen LogP) is 5.87. The predicted molar refractivity (Wildman–Crippen MR) is 146 cm³/mol. The van der Waals surface area contributed by atoms with Crippen LogP contribution in [-0.4, -0.2) is 21.6 Å². The van der Waals surface area contributed by atoms with E-state index in [1.54, 1.807) is 59.3 Å². The highest BCUT2D eigenvalue weighted by molar-refractivity contribution is 6.30. The molecular formula is C30H23ClN4O3. The molecule has 0 unspecified atom stereocenters. The Morgan fingerprint density at radius 1 is 0.895 bits per heavy atom. The van der Waals surface area contributed by atoms with Crippen LogP contribution in [0.2, 0.25) is 5.02 Å². The second kappa shape index (κ2) is 11.5. The highest BCUT2D eigenvalue weighted by atomic mass is 35.5. The molecule has 7 nitrogen and oxygen atoms in total. The molecule has 5 aromatic rings. The number of halogens is 1. The second-order valence-electron chi connectivity index (χ2n) is 8.36. The number of nitrogens with zero attached hydrogens (tertiary/aromatic N) is 2. The van der Waals surface area contributed by atoms with E-state index in [1.807, 2.05) is 54.7 Å². The van der Waals surface area contributed by atoms with E-state index < -0.39 is 11.8 Å². The Morgan fingerprint density at radius 2 is 1.61 bits per heavy atom. The van der Waals surface area contributed by atoms with Gasteiger partial charge in [-0.05, 0) is 54.6 Å². The van der Waals surface area contributed by atoms with Crippen molar-refractivity contribution in [3.8, 4) is 16.9 Å². The number of para-hydroxylation sites is 1. The standard InChI is InChI=1S/C30H23ClN4O3/c31-24-15-13-21(14-16-24)28-23(20-35(34-28)25-10-5-2-6-11-25)18-27(30(37)32-19-26-12-7-17-38-26)33-29(36)22-8-3-1-4-9-22/h1-18,20H,19H2,(H,32,37)(H,33,36)/b27-18-. The molecule has 0 saturated carbocycles. The van der Waals surface area contributed by atoms with Crippen molar-refractivity contribution < 1.29 is 14.0 Å². The Bertz CT molecular complexity index is 1560. The first kappa shape index (κ1) is 24.8. The number of benzene rings is 3. The third kappa shape index (κ3) is 5.91. The van der Waals surface area contributed by atoms with Crippen molar-refractivity contribution in [1.82, 2.24) is 20.4 Å². The summed E-state index contributed by atoms with van der Waals surface area (Å²) in [5.74, 6) is -0.292. The normalized spacial score (nSPS) is 11.2. The number of hydrogen-bond donors (Lipinski definition) is 2. The number of rotatable bonds is 8. The molecule has 0 spiro atoms. The van der Waals surface area contributed by atoms with Crippen molar-refractivity contribution in [1.29, 1.82) is 0 Å². The summed E-state index contributed by atoms with van der Waals surface area (Å²) in [7, 11) is 0. The third-order valence-electron chi connectivity index (χ3n) is 5.71. The second-order valence-corrected chi connectivity index (χ2v) is 8.80. The SMILES string of the molecule is O=C(NCc1ccco1)/C(=C/c1cn(-c2ccccc2)nc1-c1ccc(Cl)cc1)NC(=O)c1ccccc1. The van der Waals surface area contributed by atoms with Crippen molar-refractivity contribution >= 4 is 29.5 Å². The topological polar surface area (TPSA) is 89.2 Å². The molecule has 0 aliphatic rings. The molecule has 0 aliphatic heterocycles. The van der Waals surface area contributed by atoms with Crippen LogP contribution in [-0.2, 0) is 11.3 Å². The molecule has 188 valence electrons. The molecular weight excluding hydrogens is 500 g/mol. The largest absolute Gasteiger partial charge is 0.467 e. The van der Waals surface area contributed by atoms with Crippen LogP contribution in [0.1, 0.15) is 21.7 Å². The summed E-state index contributed by atoms with van der Waals surface area (Å²) in [5, 5.41) is 11.0. The lowest BCUT2D eigenvalue weighted by atomic mass is 10.1. The average Bonchev–Trinajstić information content (AvgIpc) is 3.63. The lowest BCUT2D eigenvalue weighted by Crippen LogP contribution is -2.34. The zero-order valence-electron chi connectivity index (χ0n) is 20.2. The fraction of sp³-hybridized carbons (Fsp3) is 0.0333. The quantitative estimate of drug-likeness (QED) is 0.249. The zero-order valence-corrected chi connectivity index (χ0v) is 20.9. The molecule has 0 saturated heterocycles. The van der Waals surface area contributed by atoms with Crippen LogP contribution >= 0.6 is 11.6 Å². The highest BCUT2D eigenvalue weighted by Gasteiger charge is 2.18. The number of amides is 2. The molecule has 0 atom stereocenters. The van der Waals surface area contributed by atoms with Gasteiger partial charge in [0.2, 0.25) is 0 Å². The van der Waals surface area contributed by atoms with Gasteiger partial charge in [-0.15, -0.1) is 0 Å². The van der Waals surface area contributed by atoms with Crippen LogP contribution in [0.15, 0.2) is 120 Å². The summed E-state index contributed by atoms with van der Waals surface area (Å²) in [6.45, 7) is 0.164. The van der Waals surface area contributed by atoms with Gasteiger partial charge in [0.25, 0.3) is 11.8 Å². The van der Waals surface area contributed by atoms with Crippen LogP contribution in [0, 0.1) is 0 Å². The van der Waals surface area contributed by atoms with E-state index in [9.17, 15) is 9.59 Å². The van der Waals surface area contributed by atoms with Gasteiger partial charge in [-0.3, -0.25) is 9.59 Å². The van der Waals surface area contributed by atoms with E-state index in [2.05, 4.69) is 10.6 Å². The third-order valence-corrected chi connectivity index (χ3v) is 5.96. The van der Waals surface area contributed by atoms with E-state index in [0.29, 0.717) is 27.6 Å². The summed E-state index contributed by atoms with van der Waals surface area (Å²) >= 11 is 6.11. The van der Waals surface area contributed by atoms with Crippen LogP contribution in [0.25, 0.3) is 23.0 Å². The Kier molecular flexibility index (Phi) is 7.47. The smallest absolute Gasteiger partial charge is 0.268 e. The molecule has 8 heteroatoms. The molecule has 0 radical (unpaired) electrons. The van der Waals surface area contributed by atoms with Crippen molar-refractivity contribution in [2.24, 2.45) is 0 Å². The number of furan rings is 1. The van der Waals surface area contributed by atoms with Gasteiger partial charge in [0.05, 0.1) is 18.5 Å². The molecule has 0 aliphatic carbocycles. The first-order chi connectivity index (χ1) is 18.6. The van der Waals surface area contributed by atoms with Crippen molar-refractivity contribution in [2.45, 2.75) is 6.54 Å². The molecule has 3 aromatic carbocycles. The van der Waals surface area contributed by atoms with E-state index in [0.717, 1.165) is 11.3 Å². The minimum Gasteiger partial charge on any atom is -0.467 e. The fourth-order valence-electron chi connectivity index (χ4n) is 3.81. The average molecular weight is 523 g/mol. The molecule has 2 N–H and O–H groups in total. The highest BCUT2D eigenvalue weighted by Crippen LogP contribution is 2.27. The van der Waals surface area contributed by atoms with E-state index in [-0.39, 0.29) is 12.2 Å². The van der Waals surface area contributed by atoms with Crippen LogP contribution < -0.4 is 10.6 Å². The minimum atomic E-state index is -0.472. The molecule has 0 bridgehead atoms. The molecule has 0 fully saturated rings. The summed E-state index contributed by atoms with van der Waals surface area (Å²) in [6.07, 6.45) is 4.97. The number of nitrogens with one attached hydrogen (secondary N) is 2. The van der Waals surface area contributed by atoms with Crippen LogP contribution in [0.4, 0.5) is 0 Å². The Hall–Kier alpha value is -4.88. The van der Waals surface area contributed by atoms with Gasteiger partial charge >= 0.3 is 0 Å². The number of hydrogen-bond acceptors (Lipinski definition) is 4. The van der Waals surface area contributed by atoms with Gasteiger partial charge in [-0.2, -0.15) is 5.10 Å². The molecule has 2 heterocycles. The minimum absolute atomic E-state index is 0.0632. The zero-order chi connectivity index (χ0) is 26.3. The summed E-state index contributed by atoms with van der Waals surface area (Å²) < 4.78 is 7.05.